The van der Waals surface area contributed by atoms with Crippen LogP contribution in [0.4, 0.5) is 10.1 Å². The van der Waals surface area contributed by atoms with E-state index in [9.17, 15) is 14.0 Å². The fourth-order valence-corrected chi connectivity index (χ4v) is 2.35. The minimum absolute atomic E-state index is 0.196. The maximum atomic E-state index is 13.4. The Balaban J connectivity index is 2.51. The number of nitrogens with one attached hydrogen (secondary N) is 1. The molecule has 1 fully saturated rings. The number of aryl methyl sites for hydroxylation is 1. The van der Waals surface area contributed by atoms with Gasteiger partial charge in [-0.15, -0.1) is 0 Å². The van der Waals surface area contributed by atoms with Crippen molar-refractivity contribution in [1.29, 1.82) is 0 Å². The molecule has 1 aromatic carbocycles. The zero-order valence-electron chi connectivity index (χ0n) is 11.2. The van der Waals surface area contributed by atoms with Crippen molar-refractivity contribution in [3.63, 3.8) is 0 Å². The fraction of sp³-hybridized carbons (Fsp3) is 0.429. The summed E-state index contributed by atoms with van der Waals surface area (Å²) in [6.45, 7) is 5.26. The van der Waals surface area contributed by atoms with Gasteiger partial charge in [0, 0.05) is 0 Å². The normalized spacial score (nSPS) is 23.5. The summed E-state index contributed by atoms with van der Waals surface area (Å²) < 4.78 is 13.4. The average molecular weight is 264 g/mol. The first-order valence-corrected chi connectivity index (χ1v) is 6.35. The third-order valence-electron chi connectivity index (χ3n) is 3.40. The molecule has 4 nitrogen and oxygen atoms in total. The number of rotatable bonds is 2. The number of carbonyl (C=O) groups excluding carboxylic acids is 2. The molecule has 0 saturated carbocycles. The van der Waals surface area contributed by atoms with Gasteiger partial charge in [-0.1, -0.05) is 13.0 Å². The van der Waals surface area contributed by atoms with Crippen molar-refractivity contribution >= 4 is 17.5 Å². The predicted octanol–water partition coefficient (Wildman–Crippen LogP) is 1.76. The molecule has 1 aliphatic rings. The van der Waals surface area contributed by atoms with Crippen molar-refractivity contribution in [2.24, 2.45) is 0 Å². The zero-order valence-corrected chi connectivity index (χ0v) is 11.2. The number of nitrogens with zero attached hydrogens (tertiary/aromatic N) is 1. The molecule has 0 spiro atoms. The third kappa shape index (κ3) is 2.32. The lowest BCUT2D eigenvalue weighted by Gasteiger charge is -2.38. The van der Waals surface area contributed by atoms with Gasteiger partial charge in [0.05, 0.1) is 5.69 Å². The van der Waals surface area contributed by atoms with Crippen molar-refractivity contribution in [1.82, 2.24) is 5.32 Å². The summed E-state index contributed by atoms with van der Waals surface area (Å²) in [5, 5.41) is 2.64. The molecule has 0 aliphatic carbocycles. The first-order chi connectivity index (χ1) is 8.95. The first kappa shape index (κ1) is 13.5. The van der Waals surface area contributed by atoms with Gasteiger partial charge in [-0.3, -0.25) is 14.5 Å². The first-order valence-electron chi connectivity index (χ1n) is 6.35. The highest BCUT2D eigenvalue weighted by atomic mass is 19.1. The lowest BCUT2D eigenvalue weighted by Crippen LogP contribution is -2.62. The van der Waals surface area contributed by atoms with Crippen LogP contribution in [0.15, 0.2) is 18.2 Å². The second-order valence-electron chi connectivity index (χ2n) is 4.79. The maximum Gasteiger partial charge on any atom is 0.250 e. The Bertz CT molecular complexity index is 530. The molecule has 0 radical (unpaired) electrons. The molecule has 1 aliphatic heterocycles. The number of halogens is 1. The largest absolute Gasteiger partial charge is 0.343 e. The van der Waals surface area contributed by atoms with Gasteiger partial charge in [0.25, 0.3) is 0 Å². The van der Waals surface area contributed by atoms with Gasteiger partial charge in [0.15, 0.2) is 0 Å². The number of hydrogen-bond acceptors (Lipinski definition) is 2. The van der Waals surface area contributed by atoms with E-state index in [1.54, 1.807) is 19.9 Å². The van der Waals surface area contributed by atoms with Crippen molar-refractivity contribution in [2.45, 2.75) is 39.3 Å². The second kappa shape index (κ2) is 4.99. The van der Waals surface area contributed by atoms with Crippen molar-refractivity contribution in [3.05, 3.63) is 29.6 Å². The van der Waals surface area contributed by atoms with Crippen molar-refractivity contribution in [2.75, 3.05) is 4.90 Å². The van der Waals surface area contributed by atoms with E-state index in [-0.39, 0.29) is 11.8 Å². The summed E-state index contributed by atoms with van der Waals surface area (Å²) in [6.07, 6.45) is 0.486. The molecule has 5 heteroatoms. The van der Waals surface area contributed by atoms with Crippen LogP contribution < -0.4 is 10.2 Å². The quantitative estimate of drug-likeness (QED) is 0.885. The number of carbonyl (C=O) groups is 2. The molecular weight excluding hydrogens is 247 g/mol. The molecule has 19 heavy (non-hydrogen) atoms. The van der Waals surface area contributed by atoms with E-state index < -0.39 is 17.9 Å². The van der Waals surface area contributed by atoms with E-state index in [1.165, 1.54) is 17.0 Å². The molecular formula is C14H17FN2O2. The predicted molar refractivity (Wildman–Crippen MR) is 70.3 cm³/mol. The van der Waals surface area contributed by atoms with E-state index in [0.29, 0.717) is 12.1 Å². The minimum atomic E-state index is -0.585. The summed E-state index contributed by atoms with van der Waals surface area (Å²) in [6, 6.07) is 3.10. The van der Waals surface area contributed by atoms with Gasteiger partial charge in [-0.05, 0) is 38.0 Å². The molecule has 0 aromatic heterocycles. The second-order valence-corrected chi connectivity index (χ2v) is 4.79. The number of hydrogen-bond donors (Lipinski definition) is 1. The van der Waals surface area contributed by atoms with E-state index in [4.69, 9.17) is 0 Å². The van der Waals surface area contributed by atoms with Gasteiger partial charge >= 0.3 is 0 Å². The number of amides is 2. The number of benzene rings is 1. The highest BCUT2D eigenvalue weighted by molar-refractivity contribution is 6.08. The average Bonchev–Trinajstić information content (AvgIpc) is 2.36. The minimum Gasteiger partial charge on any atom is -0.343 e. The van der Waals surface area contributed by atoms with E-state index in [2.05, 4.69) is 5.32 Å². The molecule has 1 N–H and O–H groups in total. The molecule has 2 amide bonds. The van der Waals surface area contributed by atoms with Gasteiger partial charge in [-0.2, -0.15) is 0 Å². The lowest BCUT2D eigenvalue weighted by atomic mass is 10.0. The van der Waals surface area contributed by atoms with Crippen LogP contribution >= 0.6 is 0 Å². The van der Waals surface area contributed by atoms with Gasteiger partial charge in [-0.25, -0.2) is 4.39 Å². The Hall–Kier alpha value is -1.91. The van der Waals surface area contributed by atoms with Gasteiger partial charge < -0.3 is 5.32 Å². The Morgan fingerprint density at radius 2 is 2.05 bits per heavy atom. The molecule has 1 saturated heterocycles. The van der Waals surface area contributed by atoms with Crippen LogP contribution in [0, 0.1) is 12.7 Å². The molecule has 2 unspecified atom stereocenters. The van der Waals surface area contributed by atoms with E-state index in [1.807, 2.05) is 6.92 Å². The lowest BCUT2D eigenvalue weighted by molar-refractivity contribution is -0.133. The molecule has 2 rings (SSSR count). The Labute approximate surface area is 111 Å². The Morgan fingerprint density at radius 3 is 2.68 bits per heavy atom. The topological polar surface area (TPSA) is 49.4 Å². The third-order valence-corrected chi connectivity index (χ3v) is 3.40. The standard InChI is InChI=1S/C14H17FN2O2/c1-4-11-13(18)16-9(3)14(19)17(11)12-7-10(15)6-5-8(12)2/h5-7,9,11H,4H2,1-3H3,(H,16,18). The summed E-state index contributed by atoms with van der Waals surface area (Å²) >= 11 is 0. The highest BCUT2D eigenvalue weighted by Gasteiger charge is 2.38. The van der Waals surface area contributed by atoms with Crippen LogP contribution in [0.5, 0.6) is 0 Å². The summed E-state index contributed by atoms with van der Waals surface area (Å²) in [7, 11) is 0. The molecule has 0 bridgehead atoms. The fourth-order valence-electron chi connectivity index (χ4n) is 2.35. The number of anilines is 1. The van der Waals surface area contributed by atoms with E-state index >= 15 is 0 Å². The summed E-state index contributed by atoms with van der Waals surface area (Å²) in [4.78, 5) is 25.7. The van der Waals surface area contributed by atoms with Crippen LogP contribution in [0.25, 0.3) is 0 Å². The van der Waals surface area contributed by atoms with Gasteiger partial charge in [0.2, 0.25) is 11.8 Å². The van der Waals surface area contributed by atoms with Crippen molar-refractivity contribution < 1.29 is 14.0 Å². The Kier molecular flexibility index (Phi) is 3.55. The monoisotopic (exact) mass is 264 g/mol. The zero-order chi connectivity index (χ0) is 14.2. The smallest absolute Gasteiger partial charge is 0.250 e. The Morgan fingerprint density at radius 1 is 1.37 bits per heavy atom. The SMILES string of the molecule is CCC1C(=O)NC(C)C(=O)N1c1cc(F)ccc1C. The maximum absolute atomic E-state index is 13.4. The van der Waals surface area contributed by atoms with Crippen LogP contribution in [-0.2, 0) is 9.59 Å². The summed E-state index contributed by atoms with van der Waals surface area (Å²) in [5.41, 5.74) is 1.24. The number of piperazine rings is 1. The molecule has 1 heterocycles. The van der Waals surface area contributed by atoms with Gasteiger partial charge in [0.1, 0.15) is 17.9 Å². The van der Waals surface area contributed by atoms with Crippen LogP contribution in [-0.4, -0.2) is 23.9 Å². The molecule has 1 aromatic rings. The molecule has 102 valence electrons. The van der Waals surface area contributed by atoms with Crippen LogP contribution in [0.3, 0.4) is 0 Å². The summed E-state index contributed by atoms with van der Waals surface area (Å²) in [5.74, 6) is -0.819. The van der Waals surface area contributed by atoms with Crippen LogP contribution in [0.2, 0.25) is 0 Å². The molecule has 2 atom stereocenters. The highest BCUT2D eigenvalue weighted by Crippen LogP contribution is 2.27. The van der Waals surface area contributed by atoms with E-state index in [0.717, 1.165) is 5.56 Å². The van der Waals surface area contributed by atoms with Crippen molar-refractivity contribution in [3.8, 4) is 0 Å². The van der Waals surface area contributed by atoms with Crippen LogP contribution in [0.1, 0.15) is 25.8 Å².